The summed E-state index contributed by atoms with van der Waals surface area (Å²) in [7, 11) is 0. The standard InChI is InChI=1S/C15H18ClN3O/c1-4-19-13(15(16)10(3)18-19)8-14(20)11-5-6-12(17)9(2)7-11/h5-7H,4,8,17H2,1-3H3. The van der Waals surface area contributed by atoms with E-state index in [1.54, 1.807) is 16.8 Å². The third-order valence-corrected chi connectivity index (χ3v) is 3.86. The summed E-state index contributed by atoms with van der Waals surface area (Å²) in [6.07, 6.45) is 0.247. The Morgan fingerprint density at radius 1 is 1.40 bits per heavy atom. The Labute approximate surface area is 123 Å². The quantitative estimate of drug-likeness (QED) is 0.695. The number of hydrogen-bond donors (Lipinski definition) is 1. The topological polar surface area (TPSA) is 60.9 Å². The van der Waals surface area contributed by atoms with Crippen molar-refractivity contribution in [2.45, 2.75) is 33.7 Å². The zero-order valence-corrected chi connectivity index (χ0v) is 12.7. The molecular formula is C15H18ClN3O. The van der Waals surface area contributed by atoms with Gasteiger partial charge in [0.2, 0.25) is 0 Å². The lowest BCUT2D eigenvalue weighted by Gasteiger charge is -2.07. The van der Waals surface area contributed by atoms with E-state index in [0.717, 1.165) is 17.0 Å². The van der Waals surface area contributed by atoms with E-state index in [4.69, 9.17) is 17.3 Å². The van der Waals surface area contributed by atoms with Crippen molar-refractivity contribution >= 4 is 23.1 Å². The van der Waals surface area contributed by atoms with E-state index in [2.05, 4.69) is 5.10 Å². The molecule has 20 heavy (non-hydrogen) atoms. The number of nitrogens with zero attached hydrogens (tertiary/aromatic N) is 2. The molecule has 0 amide bonds. The van der Waals surface area contributed by atoms with Gasteiger partial charge in [-0.15, -0.1) is 0 Å². The number of nitrogens with two attached hydrogens (primary N) is 1. The van der Waals surface area contributed by atoms with Crippen LogP contribution in [0.5, 0.6) is 0 Å². The number of nitrogen functional groups attached to an aromatic ring is 1. The number of carbonyl (C=O) groups excluding carboxylic acids is 1. The lowest BCUT2D eigenvalue weighted by atomic mass is 10.0. The molecule has 0 aliphatic carbocycles. The molecule has 0 unspecified atom stereocenters. The van der Waals surface area contributed by atoms with Crippen LogP contribution in [0.25, 0.3) is 0 Å². The zero-order valence-electron chi connectivity index (χ0n) is 11.9. The second-order valence-corrected chi connectivity index (χ2v) is 5.21. The maximum Gasteiger partial charge on any atom is 0.168 e. The van der Waals surface area contributed by atoms with Gasteiger partial charge >= 0.3 is 0 Å². The molecule has 0 radical (unpaired) electrons. The number of aromatic nitrogens is 2. The molecule has 1 aromatic heterocycles. The predicted molar refractivity (Wildman–Crippen MR) is 81.3 cm³/mol. The molecule has 2 aromatic rings. The minimum atomic E-state index is 0.0181. The van der Waals surface area contributed by atoms with E-state index >= 15 is 0 Å². The van der Waals surface area contributed by atoms with Crippen LogP contribution in [0.1, 0.15) is 34.2 Å². The number of Topliss-reactive ketones (excluding diaryl/α,β-unsaturated/α-hetero) is 1. The summed E-state index contributed by atoms with van der Waals surface area (Å²) in [4.78, 5) is 12.4. The molecule has 2 rings (SSSR count). The highest BCUT2D eigenvalue weighted by atomic mass is 35.5. The zero-order chi connectivity index (χ0) is 14.9. The van der Waals surface area contributed by atoms with Crippen LogP contribution in [0.3, 0.4) is 0 Å². The van der Waals surface area contributed by atoms with E-state index in [1.165, 1.54) is 0 Å². The lowest BCUT2D eigenvalue weighted by Crippen LogP contribution is -2.10. The summed E-state index contributed by atoms with van der Waals surface area (Å²) in [6, 6.07) is 5.32. The van der Waals surface area contributed by atoms with Gasteiger partial charge in [0, 0.05) is 17.8 Å². The largest absolute Gasteiger partial charge is 0.399 e. The van der Waals surface area contributed by atoms with Gasteiger partial charge < -0.3 is 5.73 Å². The van der Waals surface area contributed by atoms with Gasteiger partial charge in [0.15, 0.2) is 5.78 Å². The van der Waals surface area contributed by atoms with E-state index in [0.29, 0.717) is 22.8 Å². The smallest absolute Gasteiger partial charge is 0.168 e. The Hall–Kier alpha value is -1.81. The molecule has 5 heteroatoms. The molecule has 0 fully saturated rings. The molecular weight excluding hydrogens is 274 g/mol. The molecule has 0 atom stereocenters. The molecule has 0 saturated carbocycles. The summed E-state index contributed by atoms with van der Waals surface area (Å²) in [5.74, 6) is 0.0181. The number of ketones is 1. The molecule has 0 aliphatic rings. The predicted octanol–water partition coefficient (Wildman–Crippen LogP) is 3.18. The Bertz CT molecular complexity index is 661. The van der Waals surface area contributed by atoms with Crippen molar-refractivity contribution in [3.8, 4) is 0 Å². The SMILES string of the molecule is CCn1nc(C)c(Cl)c1CC(=O)c1ccc(N)c(C)c1. The lowest BCUT2D eigenvalue weighted by molar-refractivity contribution is 0.0990. The van der Waals surface area contributed by atoms with Crippen molar-refractivity contribution in [1.29, 1.82) is 0 Å². The number of anilines is 1. The molecule has 0 spiro atoms. The maximum absolute atomic E-state index is 12.4. The Morgan fingerprint density at radius 2 is 2.10 bits per heavy atom. The van der Waals surface area contributed by atoms with Gasteiger partial charge in [-0.1, -0.05) is 11.6 Å². The van der Waals surface area contributed by atoms with E-state index < -0.39 is 0 Å². The summed E-state index contributed by atoms with van der Waals surface area (Å²) in [6.45, 7) is 6.40. The number of halogens is 1. The average Bonchev–Trinajstić information content (AvgIpc) is 2.69. The number of aryl methyl sites for hydroxylation is 3. The highest BCUT2D eigenvalue weighted by Gasteiger charge is 2.17. The van der Waals surface area contributed by atoms with Crippen LogP contribution in [0.15, 0.2) is 18.2 Å². The molecule has 4 nitrogen and oxygen atoms in total. The molecule has 1 heterocycles. The summed E-state index contributed by atoms with van der Waals surface area (Å²) < 4.78 is 1.78. The normalized spacial score (nSPS) is 10.8. The highest BCUT2D eigenvalue weighted by molar-refractivity contribution is 6.32. The second-order valence-electron chi connectivity index (χ2n) is 4.83. The van der Waals surface area contributed by atoms with Gasteiger partial charge in [-0.05, 0) is 44.5 Å². The summed E-state index contributed by atoms with van der Waals surface area (Å²) in [5, 5.41) is 4.90. The molecule has 0 saturated heterocycles. The minimum absolute atomic E-state index is 0.0181. The maximum atomic E-state index is 12.4. The monoisotopic (exact) mass is 291 g/mol. The molecule has 0 aliphatic heterocycles. The Balaban J connectivity index is 2.30. The van der Waals surface area contributed by atoms with Crippen molar-refractivity contribution in [2.24, 2.45) is 0 Å². The van der Waals surface area contributed by atoms with Gasteiger partial charge in [-0.25, -0.2) is 0 Å². The first kappa shape index (κ1) is 14.6. The third-order valence-electron chi connectivity index (χ3n) is 3.37. The van der Waals surface area contributed by atoms with Crippen LogP contribution in [-0.2, 0) is 13.0 Å². The van der Waals surface area contributed by atoms with E-state index in [9.17, 15) is 4.79 Å². The van der Waals surface area contributed by atoms with Crippen molar-refractivity contribution in [3.05, 3.63) is 45.7 Å². The van der Waals surface area contributed by atoms with Crippen LogP contribution in [-0.4, -0.2) is 15.6 Å². The van der Waals surface area contributed by atoms with Crippen molar-refractivity contribution < 1.29 is 4.79 Å². The first-order chi connectivity index (χ1) is 9.43. The summed E-state index contributed by atoms with van der Waals surface area (Å²) >= 11 is 6.23. The van der Waals surface area contributed by atoms with E-state index in [-0.39, 0.29) is 12.2 Å². The van der Waals surface area contributed by atoms with Gasteiger partial charge in [0.1, 0.15) is 0 Å². The van der Waals surface area contributed by atoms with Crippen LogP contribution in [0, 0.1) is 13.8 Å². The van der Waals surface area contributed by atoms with Crippen LogP contribution in [0.4, 0.5) is 5.69 Å². The van der Waals surface area contributed by atoms with Crippen molar-refractivity contribution in [2.75, 3.05) is 5.73 Å². The van der Waals surface area contributed by atoms with Gasteiger partial charge in [0.25, 0.3) is 0 Å². The molecule has 0 bridgehead atoms. The molecule has 106 valence electrons. The number of carbonyl (C=O) groups is 1. The fraction of sp³-hybridized carbons (Fsp3) is 0.333. The fourth-order valence-corrected chi connectivity index (χ4v) is 2.34. The Morgan fingerprint density at radius 3 is 2.70 bits per heavy atom. The average molecular weight is 292 g/mol. The van der Waals surface area contributed by atoms with Crippen molar-refractivity contribution in [1.82, 2.24) is 9.78 Å². The second kappa shape index (κ2) is 5.67. The van der Waals surface area contributed by atoms with Crippen LogP contribution < -0.4 is 5.73 Å². The Kier molecular flexibility index (Phi) is 4.14. The van der Waals surface area contributed by atoms with Gasteiger partial charge in [0.05, 0.1) is 22.8 Å². The first-order valence-electron chi connectivity index (χ1n) is 6.55. The minimum Gasteiger partial charge on any atom is -0.399 e. The van der Waals surface area contributed by atoms with Crippen LogP contribution in [0.2, 0.25) is 5.02 Å². The highest BCUT2D eigenvalue weighted by Crippen LogP contribution is 2.22. The van der Waals surface area contributed by atoms with Crippen LogP contribution >= 0.6 is 11.6 Å². The van der Waals surface area contributed by atoms with Gasteiger partial charge in [-0.2, -0.15) is 5.10 Å². The van der Waals surface area contributed by atoms with E-state index in [1.807, 2.05) is 26.8 Å². The first-order valence-corrected chi connectivity index (χ1v) is 6.93. The number of benzene rings is 1. The third kappa shape index (κ3) is 2.70. The number of hydrogen-bond acceptors (Lipinski definition) is 3. The summed E-state index contributed by atoms with van der Waals surface area (Å²) in [5.41, 5.74) is 9.53. The molecule has 1 aromatic carbocycles. The fourth-order valence-electron chi connectivity index (χ4n) is 2.14. The number of rotatable bonds is 4. The van der Waals surface area contributed by atoms with Gasteiger partial charge in [-0.3, -0.25) is 9.48 Å². The molecule has 2 N–H and O–H groups in total. The van der Waals surface area contributed by atoms with Crippen molar-refractivity contribution in [3.63, 3.8) is 0 Å².